The summed E-state index contributed by atoms with van der Waals surface area (Å²) in [4.78, 5) is 12.3. The van der Waals surface area contributed by atoms with Crippen molar-refractivity contribution in [2.75, 3.05) is 11.9 Å². The Morgan fingerprint density at radius 3 is 2.90 bits per heavy atom. The first kappa shape index (κ1) is 15.0. The maximum Gasteiger partial charge on any atom is 0.241 e. The van der Waals surface area contributed by atoms with E-state index in [9.17, 15) is 9.90 Å². The van der Waals surface area contributed by atoms with E-state index >= 15 is 0 Å². The molecule has 110 valence electrons. The number of aryl methyl sites for hydroxylation is 1. The molecule has 1 amide bonds. The fourth-order valence-corrected chi connectivity index (χ4v) is 2.67. The third-order valence-corrected chi connectivity index (χ3v) is 4.26. The molecule has 0 spiro atoms. The summed E-state index contributed by atoms with van der Waals surface area (Å²) in [5.41, 5.74) is 1.90. The molecule has 0 aromatic heterocycles. The van der Waals surface area contributed by atoms with Gasteiger partial charge in [0.25, 0.3) is 0 Å². The van der Waals surface area contributed by atoms with Crippen molar-refractivity contribution in [1.82, 2.24) is 5.32 Å². The minimum atomic E-state index is -0.209. The molecule has 2 rings (SSSR count). The quantitative estimate of drug-likeness (QED) is 0.771. The minimum absolute atomic E-state index is 0.0209. The highest BCUT2D eigenvalue weighted by atomic mass is 16.3. The van der Waals surface area contributed by atoms with Gasteiger partial charge in [0, 0.05) is 17.8 Å². The van der Waals surface area contributed by atoms with E-state index < -0.39 is 0 Å². The topological polar surface area (TPSA) is 61.4 Å². The number of amides is 1. The zero-order chi connectivity index (χ0) is 14.6. The summed E-state index contributed by atoms with van der Waals surface area (Å²) < 4.78 is 0. The number of carbonyl (C=O) groups is 1. The van der Waals surface area contributed by atoms with Crippen molar-refractivity contribution in [3.8, 4) is 0 Å². The number of anilines is 1. The molecule has 1 aromatic carbocycles. The van der Waals surface area contributed by atoms with E-state index in [-0.39, 0.29) is 24.1 Å². The summed E-state index contributed by atoms with van der Waals surface area (Å²) in [7, 11) is 0. The van der Waals surface area contributed by atoms with Crippen LogP contribution in [0.5, 0.6) is 0 Å². The van der Waals surface area contributed by atoms with Crippen molar-refractivity contribution in [2.24, 2.45) is 0 Å². The number of benzene rings is 1. The molecule has 0 radical (unpaired) electrons. The Morgan fingerprint density at radius 1 is 1.45 bits per heavy atom. The molecular formula is C16H24N2O2. The van der Waals surface area contributed by atoms with Crippen LogP contribution < -0.4 is 10.6 Å². The second kappa shape index (κ2) is 6.37. The van der Waals surface area contributed by atoms with Crippen LogP contribution in [0.25, 0.3) is 0 Å². The predicted octanol–water partition coefficient (Wildman–Crippen LogP) is 2.08. The lowest BCUT2D eigenvalue weighted by Gasteiger charge is -2.33. The highest BCUT2D eigenvalue weighted by Crippen LogP contribution is 2.23. The molecule has 4 nitrogen and oxygen atoms in total. The van der Waals surface area contributed by atoms with Crippen molar-refractivity contribution in [3.05, 3.63) is 29.8 Å². The number of aliphatic hydroxyl groups excluding tert-OH is 1. The average Bonchev–Trinajstić information content (AvgIpc) is 2.59. The molecule has 2 atom stereocenters. The molecule has 0 saturated carbocycles. The molecule has 1 aliphatic rings. The first-order valence-electron chi connectivity index (χ1n) is 7.35. The van der Waals surface area contributed by atoms with Gasteiger partial charge in [-0.15, -0.1) is 0 Å². The third kappa shape index (κ3) is 3.38. The Bertz CT molecular complexity index is 475. The van der Waals surface area contributed by atoms with Crippen LogP contribution in [0.2, 0.25) is 0 Å². The van der Waals surface area contributed by atoms with Crippen LogP contribution in [-0.2, 0) is 11.2 Å². The summed E-state index contributed by atoms with van der Waals surface area (Å²) in [5.74, 6) is 0.0209. The van der Waals surface area contributed by atoms with Gasteiger partial charge in [-0.2, -0.15) is 0 Å². The van der Waals surface area contributed by atoms with Gasteiger partial charge in [-0.05, 0) is 44.2 Å². The highest BCUT2D eigenvalue weighted by molar-refractivity contribution is 5.96. The van der Waals surface area contributed by atoms with Gasteiger partial charge in [-0.25, -0.2) is 0 Å². The van der Waals surface area contributed by atoms with Gasteiger partial charge in [0.1, 0.15) is 0 Å². The van der Waals surface area contributed by atoms with E-state index in [1.54, 1.807) is 0 Å². The molecule has 1 aliphatic heterocycles. The largest absolute Gasteiger partial charge is 0.396 e. The summed E-state index contributed by atoms with van der Waals surface area (Å²) >= 11 is 0. The minimum Gasteiger partial charge on any atom is -0.396 e. The lowest BCUT2D eigenvalue weighted by Crippen LogP contribution is -2.52. The van der Waals surface area contributed by atoms with E-state index in [1.807, 2.05) is 18.2 Å². The lowest BCUT2D eigenvalue weighted by atomic mass is 9.92. The van der Waals surface area contributed by atoms with Crippen molar-refractivity contribution in [3.63, 3.8) is 0 Å². The Hall–Kier alpha value is -1.39. The fourth-order valence-electron chi connectivity index (χ4n) is 2.67. The summed E-state index contributed by atoms with van der Waals surface area (Å²) in [6.07, 6.45) is 3.19. The predicted molar refractivity (Wildman–Crippen MR) is 80.7 cm³/mol. The van der Waals surface area contributed by atoms with Crippen LogP contribution in [0, 0.1) is 0 Å². The van der Waals surface area contributed by atoms with Gasteiger partial charge < -0.3 is 15.7 Å². The van der Waals surface area contributed by atoms with E-state index in [4.69, 9.17) is 0 Å². The summed E-state index contributed by atoms with van der Waals surface area (Å²) in [6, 6.07) is 7.74. The Kier molecular flexibility index (Phi) is 4.78. The lowest BCUT2D eigenvalue weighted by molar-refractivity contribution is -0.118. The van der Waals surface area contributed by atoms with E-state index in [2.05, 4.69) is 30.5 Å². The molecule has 3 N–H and O–H groups in total. The maximum absolute atomic E-state index is 12.3. The fraction of sp³-hybridized carbons (Fsp3) is 0.562. The van der Waals surface area contributed by atoms with Gasteiger partial charge in [-0.1, -0.05) is 25.1 Å². The molecule has 1 aromatic rings. The van der Waals surface area contributed by atoms with E-state index in [0.717, 1.165) is 24.9 Å². The first-order chi connectivity index (χ1) is 9.58. The Balaban J connectivity index is 2.10. The molecule has 0 saturated heterocycles. The number of nitrogens with one attached hydrogen (secondary N) is 2. The van der Waals surface area contributed by atoms with Gasteiger partial charge in [0.2, 0.25) is 5.91 Å². The van der Waals surface area contributed by atoms with Crippen LogP contribution in [0.1, 0.15) is 38.7 Å². The monoisotopic (exact) mass is 276 g/mol. The molecular weight excluding hydrogens is 252 g/mol. The van der Waals surface area contributed by atoms with Crippen molar-refractivity contribution in [1.29, 1.82) is 0 Å². The van der Waals surface area contributed by atoms with Gasteiger partial charge >= 0.3 is 0 Å². The number of carbonyl (C=O) groups excluding carboxylic acids is 1. The van der Waals surface area contributed by atoms with Crippen LogP contribution in [0.3, 0.4) is 0 Å². The molecule has 20 heavy (non-hydrogen) atoms. The number of fused-ring (bicyclic) bond motifs is 1. The second-order valence-electron chi connectivity index (χ2n) is 5.77. The van der Waals surface area contributed by atoms with Crippen LogP contribution in [-0.4, -0.2) is 29.2 Å². The number of para-hydroxylation sites is 1. The Morgan fingerprint density at radius 2 is 2.20 bits per heavy atom. The van der Waals surface area contributed by atoms with Crippen LogP contribution in [0.4, 0.5) is 5.69 Å². The van der Waals surface area contributed by atoms with Crippen molar-refractivity contribution in [2.45, 2.75) is 51.1 Å². The van der Waals surface area contributed by atoms with Crippen LogP contribution >= 0.6 is 0 Å². The average molecular weight is 276 g/mol. The summed E-state index contributed by atoms with van der Waals surface area (Å²) in [6.45, 7) is 4.27. The molecule has 2 unspecified atom stereocenters. The third-order valence-electron chi connectivity index (χ3n) is 4.26. The number of aliphatic hydroxyl groups is 1. The maximum atomic E-state index is 12.3. The van der Waals surface area contributed by atoms with Crippen molar-refractivity contribution < 1.29 is 9.90 Å². The number of hydrogen-bond acceptors (Lipinski definition) is 3. The van der Waals surface area contributed by atoms with E-state index in [1.165, 1.54) is 5.56 Å². The Labute approximate surface area is 120 Å². The smallest absolute Gasteiger partial charge is 0.241 e. The van der Waals surface area contributed by atoms with E-state index in [0.29, 0.717) is 6.42 Å². The van der Waals surface area contributed by atoms with Crippen LogP contribution in [0.15, 0.2) is 24.3 Å². The van der Waals surface area contributed by atoms with Crippen molar-refractivity contribution >= 4 is 11.6 Å². The SMILES string of the molecule is CCC(C)(CCO)NC1CCc2ccccc2NC1=O. The standard InChI is InChI=1S/C16H24N2O2/c1-3-16(2,10-11-19)18-14-9-8-12-6-4-5-7-13(12)17-15(14)20/h4-7,14,18-19H,3,8-11H2,1-2H3,(H,17,20). The molecule has 0 fully saturated rings. The van der Waals surface area contributed by atoms with Gasteiger partial charge in [0.15, 0.2) is 0 Å². The number of hydrogen-bond donors (Lipinski definition) is 3. The highest BCUT2D eigenvalue weighted by Gasteiger charge is 2.30. The second-order valence-corrected chi connectivity index (χ2v) is 5.77. The van der Waals surface area contributed by atoms with Gasteiger partial charge in [0.05, 0.1) is 6.04 Å². The summed E-state index contributed by atoms with van der Waals surface area (Å²) in [5, 5.41) is 15.6. The van der Waals surface area contributed by atoms with Gasteiger partial charge in [-0.3, -0.25) is 4.79 Å². The molecule has 1 heterocycles. The normalized spacial score (nSPS) is 21.6. The molecule has 0 bridgehead atoms. The zero-order valence-corrected chi connectivity index (χ0v) is 12.3. The number of rotatable bonds is 5. The zero-order valence-electron chi connectivity index (χ0n) is 12.3. The molecule has 0 aliphatic carbocycles. The first-order valence-corrected chi connectivity index (χ1v) is 7.35. The molecule has 4 heteroatoms.